The van der Waals surface area contributed by atoms with Crippen LogP contribution in [0.25, 0.3) is 6.08 Å². The van der Waals surface area contributed by atoms with Crippen molar-refractivity contribution in [1.29, 1.82) is 0 Å². The van der Waals surface area contributed by atoms with Crippen molar-refractivity contribution in [2.75, 3.05) is 6.61 Å². The summed E-state index contributed by atoms with van der Waals surface area (Å²) in [5.74, 6) is -0.276. The average Bonchev–Trinajstić information content (AvgIpc) is 2.82. The van der Waals surface area contributed by atoms with Crippen molar-refractivity contribution in [3.05, 3.63) is 62.4 Å². The summed E-state index contributed by atoms with van der Waals surface area (Å²) < 4.78 is 4.96. The zero-order valence-corrected chi connectivity index (χ0v) is 17.1. The lowest BCUT2D eigenvalue weighted by molar-refractivity contribution is -0.137. The number of esters is 1. The van der Waals surface area contributed by atoms with Crippen molar-refractivity contribution in [2.24, 2.45) is 0 Å². The summed E-state index contributed by atoms with van der Waals surface area (Å²) in [6.07, 6.45) is 13.8. The monoisotopic (exact) mass is 358 g/mol. The third-order valence-corrected chi connectivity index (χ3v) is 5.25. The predicted molar refractivity (Wildman–Crippen MR) is 110 cm³/mol. The van der Waals surface area contributed by atoms with Crippen LogP contribution in [0.4, 0.5) is 0 Å². The maximum absolute atomic E-state index is 11.5. The molecular weight excluding hydrogens is 328 g/mol. The molecule has 0 radical (unpaired) electrons. The van der Waals surface area contributed by atoms with Crippen molar-refractivity contribution in [1.82, 2.24) is 0 Å². The molecule has 0 N–H and O–H groups in total. The third kappa shape index (κ3) is 6.87. The van der Waals surface area contributed by atoms with Crippen molar-refractivity contribution in [3.63, 3.8) is 0 Å². The number of thiophene rings is 1. The van der Waals surface area contributed by atoms with E-state index in [4.69, 9.17) is 4.74 Å². The molecule has 0 atom stereocenters. The van der Waals surface area contributed by atoms with E-state index in [1.54, 1.807) is 6.08 Å². The molecule has 0 spiro atoms. The van der Waals surface area contributed by atoms with Crippen LogP contribution in [0.5, 0.6) is 0 Å². The number of hydrogen-bond donors (Lipinski definition) is 0. The summed E-state index contributed by atoms with van der Waals surface area (Å²) in [7, 11) is 0. The molecule has 136 valence electrons. The summed E-state index contributed by atoms with van der Waals surface area (Å²) in [6.45, 7) is 12.9. The van der Waals surface area contributed by atoms with Gasteiger partial charge in [-0.1, -0.05) is 44.2 Å². The molecule has 0 aliphatic carbocycles. The van der Waals surface area contributed by atoms with E-state index in [1.165, 1.54) is 26.5 Å². The van der Waals surface area contributed by atoms with E-state index >= 15 is 0 Å². The largest absolute Gasteiger partial charge is 0.463 e. The predicted octanol–water partition coefficient (Wildman–Crippen LogP) is 6.48. The van der Waals surface area contributed by atoms with Gasteiger partial charge in [-0.3, -0.25) is 0 Å². The van der Waals surface area contributed by atoms with Gasteiger partial charge in [-0.2, -0.15) is 0 Å². The molecule has 2 nitrogen and oxygen atoms in total. The molecule has 0 fully saturated rings. The summed E-state index contributed by atoms with van der Waals surface area (Å²) in [6, 6.07) is 0. The molecule has 0 saturated carbocycles. The Hall–Kier alpha value is -1.87. The SMILES string of the molecule is CCOC(=O)C=C(C=CC=C(C=Cc1c(C)sc(C)c1C)CC)CC. The van der Waals surface area contributed by atoms with Crippen LogP contribution < -0.4 is 0 Å². The molecule has 0 saturated heterocycles. The van der Waals surface area contributed by atoms with E-state index in [0.717, 1.165) is 18.4 Å². The second kappa shape index (κ2) is 10.9. The Labute approximate surface area is 156 Å². The maximum atomic E-state index is 11.5. The third-order valence-electron chi connectivity index (χ3n) is 4.11. The zero-order chi connectivity index (χ0) is 18.8. The Morgan fingerprint density at radius 2 is 1.68 bits per heavy atom. The molecule has 0 unspecified atom stereocenters. The van der Waals surface area contributed by atoms with Gasteiger partial charge in [0, 0.05) is 15.8 Å². The Kier molecular flexibility index (Phi) is 9.22. The number of rotatable bonds is 8. The minimum Gasteiger partial charge on any atom is -0.463 e. The number of aryl methyl sites for hydroxylation is 2. The minimum atomic E-state index is -0.276. The van der Waals surface area contributed by atoms with E-state index < -0.39 is 0 Å². The Bertz CT molecular complexity index is 700. The summed E-state index contributed by atoms with van der Waals surface area (Å²) in [5.41, 5.74) is 4.93. The number of carbonyl (C=O) groups excluding carboxylic acids is 1. The molecule has 1 heterocycles. The van der Waals surface area contributed by atoms with Gasteiger partial charge >= 0.3 is 5.97 Å². The first kappa shape index (κ1) is 21.2. The van der Waals surface area contributed by atoms with Gasteiger partial charge in [0.05, 0.1) is 6.61 Å². The van der Waals surface area contributed by atoms with Crippen molar-refractivity contribution < 1.29 is 9.53 Å². The topological polar surface area (TPSA) is 26.3 Å². The van der Waals surface area contributed by atoms with E-state index in [1.807, 2.05) is 37.3 Å². The molecule has 0 amide bonds. The smallest absolute Gasteiger partial charge is 0.331 e. The lowest BCUT2D eigenvalue weighted by Gasteiger charge is -2.00. The van der Waals surface area contributed by atoms with Gasteiger partial charge in [0.1, 0.15) is 0 Å². The van der Waals surface area contributed by atoms with Crippen LogP contribution in [0.15, 0.2) is 41.5 Å². The van der Waals surface area contributed by atoms with Gasteiger partial charge in [-0.15, -0.1) is 11.3 Å². The van der Waals surface area contributed by atoms with Gasteiger partial charge in [0.15, 0.2) is 0 Å². The normalized spacial score (nSPS) is 13.2. The van der Waals surface area contributed by atoms with Gasteiger partial charge < -0.3 is 4.74 Å². The van der Waals surface area contributed by atoms with E-state index in [0.29, 0.717) is 6.61 Å². The first-order chi connectivity index (χ1) is 11.9. The van der Waals surface area contributed by atoms with Gasteiger partial charge in [0.25, 0.3) is 0 Å². The molecule has 0 aliphatic heterocycles. The molecule has 1 aromatic rings. The lowest BCUT2D eigenvalue weighted by Crippen LogP contribution is -2.00. The van der Waals surface area contributed by atoms with Crippen LogP contribution in [0.1, 0.15) is 54.5 Å². The van der Waals surface area contributed by atoms with Crippen LogP contribution in [0.2, 0.25) is 0 Å². The highest BCUT2D eigenvalue weighted by molar-refractivity contribution is 7.12. The van der Waals surface area contributed by atoms with Crippen LogP contribution in [0.3, 0.4) is 0 Å². The van der Waals surface area contributed by atoms with Crippen LogP contribution in [-0.4, -0.2) is 12.6 Å². The second-order valence-corrected chi connectivity index (χ2v) is 7.29. The highest BCUT2D eigenvalue weighted by Gasteiger charge is 2.05. The fraction of sp³-hybridized carbons (Fsp3) is 0.409. The first-order valence-corrected chi connectivity index (χ1v) is 9.73. The molecule has 1 aromatic heterocycles. The van der Waals surface area contributed by atoms with E-state index in [-0.39, 0.29) is 5.97 Å². The molecule has 1 rings (SSSR count). The van der Waals surface area contributed by atoms with Crippen molar-refractivity contribution in [3.8, 4) is 0 Å². The molecule has 25 heavy (non-hydrogen) atoms. The Morgan fingerprint density at radius 3 is 2.20 bits per heavy atom. The Balaban J connectivity index is 2.88. The molecular formula is C22H30O2S. The van der Waals surface area contributed by atoms with Crippen molar-refractivity contribution >= 4 is 23.4 Å². The van der Waals surface area contributed by atoms with Crippen molar-refractivity contribution in [2.45, 2.75) is 54.4 Å². The fourth-order valence-electron chi connectivity index (χ4n) is 2.44. The van der Waals surface area contributed by atoms with E-state index in [2.05, 4.69) is 45.9 Å². The van der Waals surface area contributed by atoms with Crippen LogP contribution in [-0.2, 0) is 9.53 Å². The number of hydrogen-bond acceptors (Lipinski definition) is 3. The lowest BCUT2D eigenvalue weighted by atomic mass is 10.1. The summed E-state index contributed by atoms with van der Waals surface area (Å²) >= 11 is 1.85. The fourth-order valence-corrected chi connectivity index (χ4v) is 3.49. The van der Waals surface area contributed by atoms with Gasteiger partial charge in [-0.25, -0.2) is 4.79 Å². The molecule has 0 bridgehead atoms. The number of allylic oxidation sites excluding steroid dienone is 6. The summed E-state index contributed by atoms with van der Waals surface area (Å²) in [4.78, 5) is 14.3. The second-order valence-electron chi connectivity index (χ2n) is 5.87. The minimum absolute atomic E-state index is 0.276. The first-order valence-electron chi connectivity index (χ1n) is 8.92. The van der Waals surface area contributed by atoms with Gasteiger partial charge in [-0.05, 0) is 62.8 Å². The molecule has 0 aliphatic rings. The Morgan fingerprint density at radius 1 is 1.00 bits per heavy atom. The quantitative estimate of drug-likeness (QED) is 0.302. The van der Waals surface area contributed by atoms with Gasteiger partial charge in [0.2, 0.25) is 0 Å². The van der Waals surface area contributed by atoms with Crippen LogP contribution in [0, 0.1) is 20.8 Å². The molecule has 3 heteroatoms. The standard InChI is InChI=1S/C22H30O2S/c1-7-19(13-14-21-16(4)17(5)25-18(21)6)11-10-12-20(8-2)15-22(23)24-9-3/h10-15H,7-9H2,1-6H3. The highest BCUT2D eigenvalue weighted by Crippen LogP contribution is 2.28. The maximum Gasteiger partial charge on any atom is 0.331 e. The van der Waals surface area contributed by atoms with Crippen LogP contribution >= 0.6 is 11.3 Å². The zero-order valence-electron chi connectivity index (χ0n) is 16.3. The molecule has 0 aromatic carbocycles. The number of ether oxygens (including phenoxy) is 1. The number of carbonyl (C=O) groups is 1. The highest BCUT2D eigenvalue weighted by atomic mass is 32.1. The average molecular weight is 359 g/mol. The summed E-state index contributed by atoms with van der Waals surface area (Å²) in [5, 5.41) is 0. The van der Waals surface area contributed by atoms with E-state index in [9.17, 15) is 4.79 Å².